The topological polar surface area (TPSA) is 59.1 Å². The Bertz CT molecular complexity index is 400. The van der Waals surface area contributed by atoms with Crippen LogP contribution < -0.4 is 0 Å². The van der Waals surface area contributed by atoms with Crippen LogP contribution >= 0.6 is 0 Å². The number of amides is 2. The van der Waals surface area contributed by atoms with Gasteiger partial charge in [-0.05, 0) is 25.7 Å². The molecule has 2 rings (SSSR count). The summed E-state index contributed by atoms with van der Waals surface area (Å²) >= 11 is 0. The van der Waals surface area contributed by atoms with E-state index in [9.17, 15) is 9.59 Å². The van der Waals surface area contributed by atoms with E-state index in [-0.39, 0.29) is 24.0 Å². The highest BCUT2D eigenvalue weighted by molar-refractivity contribution is 5.80. The summed E-state index contributed by atoms with van der Waals surface area (Å²) < 4.78 is 10.8. The van der Waals surface area contributed by atoms with Gasteiger partial charge in [0.15, 0.2) is 0 Å². The fourth-order valence-electron chi connectivity index (χ4n) is 2.94. The summed E-state index contributed by atoms with van der Waals surface area (Å²) in [7, 11) is 0. The molecule has 0 saturated carbocycles. The maximum atomic E-state index is 12.6. The summed E-state index contributed by atoms with van der Waals surface area (Å²) in [5.41, 5.74) is 0. The molecule has 0 N–H and O–H groups in total. The minimum atomic E-state index is -0.263. The molecule has 6 nitrogen and oxygen atoms in total. The number of hydrogen-bond donors (Lipinski definition) is 0. The molecule has 126 valence electrons. The van der Waals surface area contributed by atoms with Crippen molar-refractivity contribution in [3.63, 3.8) is 0 Å². The lowest BCUT2D eigenvalue weighted by Crippen LogP contribution is -2.41. The zero-order valence-corrected chi connectivity index (χ0v) is 13.9. The molecule has 0 spiro atoms. The highest BCUT2D eigenvalue weighted by atomic mass is 16.6. The van der Waals surface area contributed by atoms with Gasteiger partial charge >= 0.3 is 6.09 Å². The molecular weight excluding hydrogens is 284 g/mol. The molecule has 0 bridgehead atoms. The smallest absolute Gasteiger partial charge is 0.409 e. The fourth-order valence-corrected chi connectivity index (χ4v) is 2.94. The summed E-state index contributed by atoms with van der Waals surface area (Å²) in [6.45, 7) is 9.58. The van der Waals surface area contributed by atoms with Crippen LogP contribution in [0, 0.1) is 11.8 Å². The molecule has 0 radical (unpaired) electrons. The molecule has 2 saturated heterocycles. The molecular formula is C16H28N2O4. The molecule has 2 aliphatic rings. The highest BCUT2D eigenvalue weighted by Crippen LogP contribution is 2.23. The lowest BCUT2D eigenvalue weighted by molar-refractivity contribution is -0.136. The first-order valence-electron chi connectivity index (χ1n) is 8.31. The van der Waals surface area contributed by atoms with Crippen molar-refractivity contribution >= 4 is 12.0 Å². The van der Waals surface area contributed by atoms with Crippen LogP contribution in [0.1, 0.15) is 33.6 Å². The van der Waals surface area contributed by atoms with Gasteiger partial charge in [-0.1, -0.05) is 13.8 Å². The number of nitrogens with zero attached hydrogens (tertiary/aromatic N) is 2. The third-order valence-corrected chi connectivity index (χ3v) is 4.30. The van der Waals surface area contributed by atoms with E-state index in [1.54, 1.807) is 4.90 Å². The zero-order chi connectivity index (χ0) is 16.1. The molecule has 0 aromatic heterocycles. The summed E-state index contributed by atoms with van der Waals surface area (Å²) in [5.74, 6) is 0.472. The van der Waals surface area contributed by atoms with Crippen molar-refractivity contribution in [3.05, 3.63) is 0 Å². The van der Waals surface area contributed by atoms with E-state index < -0.39 is 0 Å². The van der Waals surface area contributed by atoms with Gasteiger partial charge in [-0.25, -0.2) is 4.79 Å². The van der Waals surface area contributed by atoms with Gasteiger partial charge in [-0.2, -0.15) is 0 Å². The van der Waals surface area contributed by atoms with Crippen molar-refractivity contribution in [2.24, 2.45) is 11.8 Å². The van der Waals surface area contributed by atoms with Crippen LogP contribution in [-0.2, 0) is 14.3 Å². The Kier molecular flexibility index (Phi) is 6.06. The van der Waals surface area contributed by atoms with Gasteiger partial charge in [0.25, 0.3) is 0 Å². The van der Waals surface area contributed by atoms with Crippen LogP contribution in [-0.4, -0.2) is 67.3 Å². The first-order valence-corrected chi connectivity index (χ1v) is 8.31. The van der Waals surface area contributed by atoms with E-state index in [0.717, 1.165) is 12.8 Å². The number of rotatable bonds is 3. The van der Waals surface area contributed by atoms with E-state index in [1.807, 2.05) is 25.7 Å². The van der Waals surface area contributed by atoms with Crippen LogP contribution in [0.3, 0.4) is 0 Å². The molecule has 6 heteroatoms. The SMILES string of the molecule is CC(C)COC(=O)N1CCCN(C(=O)[C@@H]2CCO[C@H]2C)CC1. The van der Waals surface area contributed by atoms with E-state index in [4.69, 9.17) is 9.47 Å². The molecule has 2 fully saturated rings. The van der Waals surface area contributed by atoms with Crippen molar-refractivity contribution in [2.75, 3.05) is 39.4 Å². The molecule has 2 amide bonds. The van der Waals surface area contributed by atoms with E-state index in [1.165, 1.54) is 0 Å². The van der Waals surface area contributed by atoms with Crippen LogP contribution in [0.15, 0.2) is 0 Å². The predicted octanol–water partition coefficient (Wildman–Crippen LogP) is 1.74. The molecule has 0 aromatic carbocycles. The van der Waals surface area contributed by atoms with E-state index in [2.05, 4.69) is 0 Å². The minimum absolute atomic E-state index is 0.00265. The largest absolute Gasteiger partial charge is 0.449 e. The average molecular weight is 312 g/mol. The van der Waals surface area contributed by atoms with Crippen molar-refractivity contribution in [1.82, 2.24) is 9.80 Å². The zero-order valence-electron chi connectivity index (χ0n) is 13.9. The van der Waals surface area contributed by atoms with Gasteiger partial charge < -0.3 is 19.3 Å². The van der Waals surface area contributed by atoms with Gasteiger partial charge in [-0.3, -0.25) is 4.79 Å². The molecule has 0 unspecified atom stereocenters. The van der Waals surface area contributed by atoms with Crippen LogP contribution in [0.4, 0.5) is 4.79 Å². The Morgan fingerprint density at radius 2 is 1.86 bits per heavy atom. The first kappa shape index (κ1) is 17.1. The first-order chi connectivity index (χ1) is 10.5. The highest BCUT2D eigenvalue weighted by Gasteiger charge is 2.34. The maximum absolute atomic E-state index is 12.6. The third-order valence-electron chi connectivity index (χ3n) is 4.30. The standard InChI is InChI=1S/C16H28N2O4/c1-12(2)11-22-16(20)18-7-4-6-17(8-9-18)15(19)14-5-10-21-13(14)3/h12-14H,4-11H2,1-3H3/t13-,14+/m0/s1. The second kappa shape index (κ2) is 7.81. The Morgan fingerprint density at radius 3 is 2.50 bits per heavy atom. The summed E-state index contributed by atoms with van der Waals surface area (Å²) in [5, 5.41) is 0. The monoisotopic (exact) mass is 312 g/mol. The quantitative estimate of drug-likeness (QED) is 0.796. The predicted molar refractivity (Wildman–Crippen MR) is 82.5 cm³/mol. The fraction of sp³-hybridized carbons (Fsp3) is 0.875. The second-order valence-electron chi connectivity index (χ2n) is 6.61. The molecule has 2 atom stereocenters. The average Bonchev–Trinajstić information content (AvgIpc) is 2.76. The normalized spacial score (nSPS) is 26.2. The molecule has 0 aromatic rings. The number of ether oxygens (including phenoxy) is 2. The second-order valence-corrected chi connectivity index (χ2v) is 6.61. The number of hydrogen-bond acceptors (Lipinski definition) is 4. The Morgan fingerprint density at radius 1 is 1.18 bits per heavy atom. The molecule has 2 heterocycles. The van der Waals surface area contributed by atoms with Crippen molar-refractivity contribution in [1.29, 1.82) is 0 Å². The summed E-state index contributed by atoms with van der Waals surface area (Å²) in [6, 6.07) is 0. The van der Waals surface area contributed by atoms with Crippen LogP contribution in [0.2, 0.25) is 0 Å². The van der Waals surface area contributed by atoms with Crippen LogP contribution in [0.25, 0.3) is 0 Å². The van der Waals surface area contributed by atoms with Crippen molar-refractivity contribution in [2.45, 2.75) is 39.7 Å². The van der Waals surface area contributed by atoms with Crippen molar-refractivity contribution in [3.8, 4) is 0 Å². The van der Waals surface area contributed by atoms with Crippen molar-refractivity contribution < 1.29 is 19.1 Å². The molecule has 2 aliphatic heterocycles. The van der Waals surface area contributed by atoms with E-state index in [0.29, 0.717) is 45.3 Å². The minimum Gasteiger partial charge on any atom is -0.449 e. The number of carbonyl (C=O) groups excluding carboxylic acids is 2. The van der Waals surface area contributed by atoms with Crippen LogP contribution in [0.5, 0.6) is 0 Å². The summed E-state index contributed by atoms with van der Waals surface area (Å²) in [6.07, 6.45) is 1.34. The third kappa shape index (κ3) is 4.35. The van der Waals surface area contributed by atoms with Gasteiger partial charge in [0, 0.05) is 32.8 Å². The lowest BCUT2D eigenvalue weighted by Gasteiger charge is -2.25. The Balaban J connectivity index is 1.84. The summed E-state index contributed by atoms with van der Waals surface area (Å²) in [4.78, 5) is 28.2. The lowest BCUT2D eigenvalue weighted by atomic mass is 10.0. The number of carbonyl (C=O) groups is 2. The van der Waals surface area contributed by atoms with Gasteiger partial charge in [0.1, 0.15) is 0 Å². The Labute approximate surface area is 132 Å². The molecule has 0 aliphatic carbocycles. The Hall–Kier alpha value is -1.30. The van der Waals surface area contributed by atoms with Gasteiger partial charge in [-0.15, -0.1) is 0 Å². The van der Waals surface area contributed by atoms with Gasteiger partial charge in [0.2, 0.25) is 5.91 Å². The van der Waals surface area contributed by atoms with E-state index >= 15 is 0 Å². The maximum Gasteiger partial charge on any atom is 0.409 e. The van der Waals surface area contributed by atoms with Gasteiger partial charge in [0.05, 0.1) is 18.6 Å². The molecule has 22 heavy (non-hydrogen) atoms.